The first kappa shape index (κ1) is 29.7. The van der Waals surface area contributed by atoms with E-state index in [1.165, 1.54) is 10.7 Å². The molecule has 41 heavy (non-hydrogen) atoms. The average Bonchev–Trinajstić information content (AvgIpc) is 2.96. The lowest BCUT2D eigenvalue weighted by Gasteiger charge is -2.17. The highest BCUT2D eigenvalue weighted by molar-refractivity contribution is 9.10. The molecule has 0 saturated carbocycles. The van der Waals surface area contributed by atoms with Gasteiger partial charge in [0, 0.05) is 16.0 Å². The lowest BCUT2D eigenvalue weighted by Crippen LogP contribution is -2.23. The number of fused-ring (bicyclic) bond motifs is 1. The largest absolute Gasteiger partial charge is 0.490 e. The maximum absolute atomic E-state index is 13.5. The number of halogens is 1. The topological polar surface area (TPSA) is 103 Å². The molecule has 4 rings (SSSR count). The zero-order valence-corrected chi connectivity index (χ0v) is 24.8. The third kappa shape index (κ3) is 6.92. The number of nitrogens with zero attached hydrogens (tertiary/aromatic N) is 3. The minimum Gasteiger partial charge on any atom is -0.490 e. The van der Waals surface area contributed by atoms with Crippen LogP contribution in [-0.2, 0) is 13.0 Å². The predicted molar refractivity (Wildman–Crippen MR) is 165 cm³/mol. The maximum Gasteiger partial charge on any atom is 0.335 e. The van der Waals surface area contributed by atoms with Crippen molar-refractivity contribution in [2.75, 3.05) is 6.61 Å². The number of aromatic nitrogens is 2. The third-order valence-electron chi connectivity index (χ3n) is 6.58. The summed E-state index contributed by atoms with van der Waals surface area (Å²) in [5.74, 6) is 0.654. The number of rotatable bonds is 12. The molecular formula is C32H32BrN3O5. The van der Waals surface area contributed by atoms with Crippen molar-refractivity contribution < 1.29 is 19.4 Å². The van der Waals surface area contributed by atoms with Crippen LogP contribution < -0.4 is 15.0 Å². The molecule has 9 heteroatoms. The van der Waals surface area contributed by atoms with Crippen molar-refractivity contribution in [3.8, 4) is 11.5 Å². The molecule has 1 aromatic heterocycles. The van der Waals surface area contributed by atoms with Crippen LogP contribution in [0.1, 0.15) is 66.0 Å². The molecule has 0 aliphatic rings. The fourth-order valence-electron chi connectivity index (χ4n) is 4.34. The van der Waals surface area contributed by atoms with Crippen LogP contribution in [-0.4, -0.2) is 33.6 Å². The fraction of sp³-hybridized carbons (Fsp3) is 0.250. The predicted octanol–water partition coefficient (Wildman–Crippen LogP) is 6.96. The van der Waals surface area contributed by atoms with Crippen LogP contribution >= 0.6 is 15.9 Å². The Kier molecular flexibility index (Phi) is 9.73. The van der Waals surface area contributed by atoms with Crippen LogP contribution in [0.2, 0.25) is 0 Å². The number of benzene rings is 3. The van der Waals surface area contributed by atoms with Crippen molar-refractivity contribution in [3.05, 3.63) is 110 Å². The van der Waals surface area contributed by atoms with E-state index in [2.05, 4.69) is 27.6 Å². The molecule has 0 amide bonds. The van der Waals surface area contributed by atoms with Gasteiger partial charge in [-0.25, -0.2) is 9.78 Å². The van der Waals surface area contributed by atoms with Gasteiger partial charge < -0.3 is 14.6 Å². The Bertz CT molecular complexity index is 1680. The van der Waals surface area contributed by atoms with Crippen LogP contribution in [0.25, 0.3) is 10.9 Å². The molecule has 8 nitrogen and oxygen atoms in total. The molecule has 0 fully saturated rings. The van der Waals surface area contributed by atoms with Crippen LogP contribution in [0.4, 0.5) is 0 Å². The standard InChI is InChI=1S/C32H32BrN3O5/c1-5-9-23-15-22(16-28(40-7-3)29(23)41-19-21-10-8-11-24(14-21)32(38)39)18-34-36-30(20(4)6-2)35-27-13-12-25(33)17-26(27)31(36)37/h5,8,10-18,20H,1,6-7,9,19H2,2-4H3,(H,38,39)/t20-/m1/s1. The van der Waals surface area contributed by atoms with Gasteiger partial charge in [-0.1, -0.05) is 48.0 Å². The Hall–Kier alpha value is -4.24. The minimum absolute atomic E-state index is 0.0126. The van der Waals surface area contributed by atoms with E-state index < -0.39 is 5.97 Å². The van der Waals surface area contributed by atoms with E-state index in [1.54, 1.807) is 30.5 Å². The second-order valence-electron chi connectivity index (χ2n) is 9.53. The summed E-state index contributed by atoms with van der Waals surface area (Å²) in [7, 11) is 0. The molecule has 1 heterocycles. The van der Waals surface area contributed by atoms with Gasteiger partial charge in [0.2, 0.25) is 0 Å². The zero-order valence-electron chi connectivity index (χ0n) is 23.3. The first-order valence-electron chi connectivity index (χ1n) is 13.4. The molecule has 1 atom stereocenters. The molecule has 3 aromatic carbocycles. The van der Waals surface area contributed by atoms with E-state index in [4.69, 9.17) is 14.5 Å². The van der Waals surface area contributed by atoms with E-state index in [9.17, 15) is 14.7 Å². The normalized spacial score (nSPS) is 12.0. The summed E-state index contributed by atoms with van der Waals surface area (Å²) in [6, 6.07) is 15.8. The number of ether oxygens (including phenoxy) is 2. The van der Waals surface area contributed by atoms with Crippen molar-refractivity contribution in [3.63, 3.8) is 0 Å². The summed E-state index contributed by atoms with van der Waals surface area (Å²) < 4.78 is 14.3. The highest BCUT2D eigenvalue weighted by Gasteiger charge is 2.17. The molecule has 212 valence electrons. The number of carboxylic acid groups (broad SMARTS) is 1. The molecule has 0 unspecified atom stereocenters. The highest BCUT2D eigenvalue weighted by Crippen LogP contribution is 2.34. The van der Waals surface area contributed by atoms with Crippen LogP contribution in [0.3, 0.4) is 0 Å². The molecule has 0 radical (unpaired) electrons. The van der Waals surface area contributed by atoms with Crippen LogP contribution in [0, 0.1) is 0 Å². The molecular weight excluding hydrogens is 586 g/mol. The summed E-state index contributed by atoms with van der Waals surface area (Å²) in [6.45, 7) is 10.4. The highest BCUT2D eigenvalue weighted by atomic mass is 79.9. The lowest BCUT2D eigenvalue weighted by atomic mass is 10.1. The average molecular weight is 619 g/mol. The third-order valence-corrected chi connectivity index (χ3v) is 7.08. The van der Waals surface area contributed by atoms with E-state index >= 15 is 0 Å². The van der Waals surface area contributed by atoms with Gasteiger partial charge in [-0.2, -0.15) is 9.78 Å². The minimum atomic E-state index is -0.998. The van der Waals surface area contributed by atoms with E-state index in [0.717, 1.165) is 22.0 Å². The maximum atomic E-state index is 13.5. The van der Waals surface area contributed by atoms with Gasteiger partial charge in [-0.05, 0) is 73.4 Å². The summed E-state index contributed by atoms with van der Waals surface area (Å²) >= 11 is 3.44. The van der Waals surface area contributed by atoms with Gasteiger partial charge in [0.25, 0.3) is 5.56 Å². The first-order valence-corrected chi connectivity index (χ1v) is 14.2. The van der Waals surface area contributed by atoms with Crippen molar-refractivity contribution in [1.29, 1.82) is 0 Å². The number of carbonyl (C=O) groups is 1. The van der Waals surface area contributed by atoms with Crippen molar-refractivity contribution >= 4 is 39.0 Å². The van der Waals surface area contributed by atoms with Crippen molar-refractivity contribution in [1.82, 2.24) is 9.66 Å². The van der Waals surface area contributed by atoms with Gasteiger partial charge in [0.05, 0.1) is 29.3 Å². The SMILES string of the molecule is C=CCc1cc(C=Nn2c([C@H](C)CC)nc3ccc(Br)cc3c2=O)cc(OCC)c1OCc1cccc(C(=O)O)c1. The monoisotopic (exact) mass is 617 g/mol. The number of allylic oxidation sites excluding steroid dienone is 1. The molecule has 0 bridgehead atoms. The zero-order chi connectivity index (χ0) is 29.5. The summed E-state index contributed by atoms with van der Waals surface area (Å²) in [5.41, 5.74) is 2.81. The summed E-state index contributed by atoms with van der Waals surface area (Å²) in [5, 5.41) is 14.4. The molecule has 1 N–H and O–H groups in total. The Morgan fingerprint density at radius 2 is 1.98 bits per heavy atom. The van der Waals surface area contributed by atoms with Crippen LogP contribution in [0.5, 0.6) is 11.5 Å². The molecule has 0 saturated heterocycles. The van der Waals surface area contributed by atoms with Gasteiger partial charge in [-0.3, -0.25) is 4.79 Å². The van der Waals surface area contributed by atoms with E-state index in [1.807, 2.05) is 51.1 Å². The first-order chi connectivity index (χ1) is 19.7. The quantitative estimate of drug-likeness (QED) is 0.136. The van der Waals surface area contributed by atoms with Crippen molar-refractivity contribution in [2.24, 2.45) is 5.10 Å². The van der Waals surface area contributed by atoms with Crippen LogP contribution in [0.15, 0.2) is 81.6 Å². The van der Waals surface area contributed by atoms with E-state index in [-0.39, 0.29) is 23.6 Å². The molecule has 0 spiro atoms. The summed E-state index contributed by atoms with van der Waals surface area (Å²) in [6.07, 6.45) is 4.67. The van der Waals surface area contributed by atoms with E-state index in [0.29, 0.717) is 46.8 Å². The Balaban J connectivity index is 1.75. The molecule has 0 aliphatic heterocycles. The van der Waals surface area contributed by atoms with Gasteiger partial charge in [-0.15, -0.1) is 6.58 Å². The van der Waals surface area contributed by atoms with Gasteiger partial charge >= 0.3 is 5.97 Å². The Morgan fingerprint density at radius 1 is 1.17 bits per heavy atom. The number of hydrogen-bond donors (Lipinski definition) is 1. The molecule has 4 aromatic rings. The van der Waals surface area contributed by atoms with Gasteiger partial charge in [0.15, 0.2) is 11.5 Å². The van der Waals surface area contributed by atoms with Crippen molar-refractivity contribution in [2.45, 2.75) is 46.1 Å². The lowest BCUT2D eigenvalue weighted by molar-refractivity contribution is 0.0696. The second-order valence-corrected chi connectivity index (χ2v) is 10.4. The van der Waals surface area contributed by atoms with Gasteiger partial charge in [0.1, 0.15) is 12.4 Å². The Morgan fingerprint density at radius 3 is 2.68 bits per heavy atom. The Labute approximate surface area is 247 Å². The summed E-state index contributed by atoms with van der Waals surface area (Å²) in [4.78, 5) is 29.7. The molecule has 0 aliphatic carbocycles. The number of carboxylic acids is 1. The second kappa shape index (κ2) is 13.4. The smallest absolute Gasteiger partial charge is 0.335 e. The fourth-order valence-corrected chi connectivity index (χ4v) is 4.71. The number of hydrogen-bond acceptors (Lipinski definition) is 6. The number of aromatic carboxylic acids is 1.